The van der Waals surface area contributed by atoms with Gasteiger partial charge < -0.3 is 18.9 Å². The number of carbonyl (C=O) groups excluding carboxylic acids is 2. The smallest absolute Gasteiger partial charge is 0.305 e. The molecule has 0 saturated carbocycles. The lowest BCUT2D eigenvalue weighted by Gasteiger charge is -2.40. The van der Waals surface area contributed by atoms with Crippen LogP contribution in [0.15, 0.2) is 60.7 Å². The van der Waals surface area contributed by atoms with Gasteiger partial charge in [0.2, 0.25) is 12.6 Å². The first-order valence-electron chi connectivity index (χ1n) is 8.30. The Bertz CT molecular complexity index is 680. The first-order valence-corrected chi connectivity index (χ1v) is 8.30. The van der Waals surface area contributed by atoms with Crippen LogP contribution in [0.5, 0.6) is 0 Å². The first kappa shape index (κ1) is 18.1. The predicted octanol–water partition coefficient (Wildman–Crippen LogP) is 3.29. The molecule has 1 heterocycles. The summed E-state index contributed by atoms with van der Waals surface area (Å²) in [5.41, 5.74) is 1.50. The zero-order chi connectivity index (χ0) is 18.5. The van der Waals surface area contributed by atoms with Crippen LogP contribution < -0.4 is 0 Å². The van der Waals surface area contributed by atoms with Gasteiger partial charge in [-0.3, -0.25) is 9.59 Å². The number of esters is 2. The quantitative estimate of drug-likeness (QED) is 0.783. The van der Waals surface area contributed by atoms with Crippen LogP contribution in [0.2, 0.25) is 0 Å². The van der Waals surface area contributed by atoms with Crippen molar-refractivity contribution in [2.24, 2.45) is 0 Å². The fourth-order valence-corrected chi connectivity index (χ4v) is 2.82. The van der Waals surface area contributed by atoms with Crippen LogP contribution in [-0.2, 0) is 28.5 Å². The van der Waals surface area contributed by atoms with Crippen LogP contribution in [0.3, 0.4) is 0 Å². The number of rotatable bonds is 4. The second-order valence-corrected chi connectivity index (χ2v) is 5.89. The van der Waals surface area contributed by atoms with Gasteiger partial charge >= 0.3 is 11.9 Å². The number of carbonyl (C=O) groups is 2. The molecule has 4 unspecified atom stereocenters. The molecule has 4 atom stereocenters. The highest BCUT2D eigenvalue weighted by Gasteiger charge is 2.43. The van der Waals surface area contributed by atoms with Gasteiger partial charge in [-0.05, 0) is 11.1 Å². The van der Waals surface area contributed by atoms with Crippen LogP contribution in [0.25, 0.3) is 0 Å². The molecule has 0 aromatic heterocycles. The van der Waals surface area contributed by atoms with Gasteiger partial charge in [0.1, 0.15) is 12.2 Å². The summed E-state index contributed by atoms with van der Waals surface area (Å²) < 4.78 is 22.7. The minimum absolute atomic E-state index is 0.489. The van der Waals surface area contributed by atoms with Crippen LogP contribution in [0.4, 0.5) is 0 Å². The van der Waals surface area contributed by atoms with Crippen LogP contribution in [-0.4, -0.2) is 24.5 Å². The van der Waals surface area contributed by atoms with E-state index >= 15 is 0 Å². The SMILES string of the molecule is CC(=O)OC1OC(c2ccccc2)C(OC(C)=O)OC1c1ccccc1. The van der Waals surface area contributed by atoms with Crippen molar-refractivity contribution in [2.45, 2.75) is 38.6 Å². The molecule has 0 bridgehead atoms. The van der Waals surface area contributed by atoms with Crippen molar-refractivity contribution in [1.82, 2.24) is 0 Å². The monoisotopic (exact) mass is 356 g/mol. The third-order valence-corrected chi connectivity index (χ3v) is 3.88. The Morgan fingerprint density at radius 2 is 1.04 bits per heavy atom. The molecule has 0 spiro atoms. The molecule has 136 valence electrons. The van der Waals surface area contributed by atoms with Crippen molar-refractivity contribution in [3.63, 3.8) is 0 Å². The highest BCUT2D eigenvalue weighted by molar-refractivity contribution is 5.66. The van der Waals surface area contributed by atoms with E-state index in [-0.39, 0.29) is 0 Å². The van der Waals surface area contributed by atoms with E-state index in [2.05, 4.69) is 0 Å². The highest BCUT2D eigenvalue weighted by Crippen LogP contribution is 2.39. The van der Waals surface area contributed by atoms with Gasteiger partial charge in [0.25, 0.3) is 0 Å². The third-order valence-electron chi connectivity index (χ3n) is 3.88. The van der Waals surface area contributed by atoms with Gasteiger partial charge in [-0.15, -0.1) is 0 Å². The minimum atomic E-state index is -0.966. The van der Waals surface area contributed by atoms with Crippen molar-refractivity contribution < 1.29 is 28.5 Å². The van der Waals surface area contributed by atoms with Gasteiger partial charge in [-0.1, -0.05) is 60.7 Å². The molecule has 3 rings (SSSR count). The standard InChI is InChI=1S/C20H20O6/c1-13(21)23-19-17(15-9-5-3-6-10-15)26-20(24-14(2)22)18(25-19)16-11-7-4-8-12-16/h3-12,17-20H,1-2H3. The van der Waals surface area contributed by atoms with Gasteiger partial charge in [0.15, 0.2) is 0 Å². The molecule has 1 aliphatic heterocycles. The van der Waals surface area contributed by atoms with Crippen LogP contribution in [0.1, 0.15) is 37.2 Å². The molecule has 2 aromatic rings. The molecule has 0 N–H and O–H groups in total. The number of benzene rings is 2. The molecule has 0 amide bonds. The number of ether oxygens (including phenoxy) is 4. The second-order valence-electron chi connectivity index (χ2n) is 5.89. The number of hydrogen-bond donors (Lipinski definition) is 0. The Kier molecular flexibility index (Phi) is 5.65. The van der Waals surface area contributed by atoms with E-state index in [4.69, 9.17) is 18.9 Å². The van der Waals surface area contributed by atoms with E-state index in [0.717, 1.165) is 11.1 Å². The summed E-state index contributed by atoms with van der Waals surface area (Å²) in [6.45, 7) is 2.61. The highest BCUT2D eigenvalue weighted by atomic mass is 16.8. The largest absolute Gasteiger partial charge is 0.433 e. The molecule has 2 aromatic carbocycles. The van der Waals surface area contributed by atoms with Crippen molar-refractivity contribution in [1.29, 1.82) is 0 Å². The summed E-state index contributed by atoms with van der Waals surface area (Å²) in [4.78, 5) is 23.1. The molecule has 1 fully saturated rings. The van der Waals surface area contributed by atoms with Crippen molar-refractivity contribution >= 4 is 11.9 Å². The Morgan fingerprint density at radius 3 is 1.35 bits per heavy atom. The topological polar surface area (TPSA) is 71.1 Å². The minimum Gasteiger partial charge on any atom is -0.433 e. The molecule has 1 aliphatic rings. The van der Waals surface area contributed by atoms with E-state index in [1.54, 1.807) is 0 Å². The average molecular weight is 356 g/mol. The van der Waals surface area contributed by atoms with Crippen molar-refractivity contribution in [2.75, 3.05) is 0 Å². The lowest BCUT2D eigenvalue weighted by atomic mass is 10.0. The molecule has 0 radical (unpaired) electrons. The lowest BCUT2D eigenvalue weighted by molar-refractivity contribution is -0.340. The molecule has 6 heteroatoms. The average Bonchev–Trinajstić information content (AvgIpc) is 2.63. The summed E-state index contributed by atoms with van der Waals surface area (Å²) in [7, 11) is 0. The Hall–Kier alpha value is -2.70. The van der Waals surface area contributed by atoms with E-state index in [1.807, 2.05) is 60.7 Å². The maximum Gasteiger partial charge on any atom is 0.305 e. The maximum absolute atomic E-state index is 11.5. The summed E-state index contributed by atoms with van der Waals surface area (Å²) in [6.07, 6.45) is -3.37. The van der Waals surface area contributed by atoms with E-state index in [1.165, 1.54) is 13.8 Å². The van der Waals surface area contributed by atoms with Crippen LogP contribution in [0, 0.1) is 0 Å². The summed E-state index contributed by atoms with van der Waals surface area (Å²) in [6, 6.07) is 18.4. The maximum atomic E-state index is 11.5. The fraction of sp³-hybridized carbons (Fsp3) is 0.300. The molecule has 0 aliphatic carbocycles. The van der Waals surface area contributed by atoms with Crippen molar-refractivity contribution in [3.8, 4) is 0 Å². The molecular formula is C20H20O6. The molecule has 26 heavy (non-hydrogen) atoms. The van der Waals surface area contributed by atoms with Gasteiger partial charge in [0.05, 0.1) is 0 Å². The van der Waals surface area contributed by atoms with Crippen molar-refractivity contribution in [3.05, 3.63) is 71.8 Å². The summed E-state index contributed by atoms with van der Waals surface area (Å²) >= 11 is 0. The van der Waals surface area contributed by atoms with E-state index in [0.29, 0.717) is 0 Å². The fourth-order valence-electron chi connectivity index (χ4n) is 2.82. The van der Waals surface area contributed by atoms with Gasteiger partial charge in [-0.25, -0.2) is 0 Å². The Morgan fingerprint density at radius 1 is 0.692 bits per heavy atom. The first-order chi connectivity index (χ1) is 12.5. The Labute approximate surface area is 151 Å². The third kappa shape index (κ3) is 4.28. The summed E-state index contributed by atoms with van der Waals surface area (Å²) in [5.74, 6) is -0.977. The normalized spacial score (nSPS) is 25.3. The Balaban J connectivity index is 1.94. The molecule has 6 nitrogen and oxygen atoms in total. The zero-order valence-electron chi connectivity index (χ0n) is 14.5. The van der Waals surface area contributed by atoms with E-state index in [9.17, 15) is 9.59 Å². The lowest BCUT2D eigenvalue weighted by Crippen LogP contribution is -2.44. The van der Waals surface area contributed by atoms with E-state index < -0.39 is 36.7 Å². The van der Waals surface area contributed by atoms with Gasteiger partial charge in [0, 0.05) is 13.8 Å². The predicted molar refractivity (Wildman–Crippen MR) is 91.6 cm³/mol. The number of hydrogen-bond acceptors (Lipinski definition) is 6. The second kappa shape index (κ2) is 8.12. The molecule has 1 saturated heterocycles. The van der Waals surface area contributed by atoms with Crippen LogP contribution >= 0.6 is 0 Å². The zero-order valence-corrected chi connectivity index (χ0v) is 14.5. The summed E-state index contributed by atoms with van der Waals surface area (Å²) in [5, 5.41) is 0. The molecular weight excluding hydrogens is 336 g/mol. The van der Waals surface area contributed by atoms with Gasteiger partial charge in [-0.2, -0.15) is 0 Å².